The Labute approximate surface area is 176 Å². The normalized spacial score (nSPS) is 13.4. The smallest absolute Gasteiger partial charge is 0.333 e. The first-order valence-electron chi connectivity index (χ1n) is 9.83. The average Bonchev–Trinajstić information content (AvgIpc) is 2.99. The molecule has 0 aliphatic carbocycles. The molecule has 2 aromatic carbocycles. The summed E-state index contributed by atoms with van der Waals surface area (Å²) in [5.74, 6) is -0.628. The van der Waals surface area contributed by atoms with Crippen LogP contribution < -0.4 is 16.0 Å². The van der Waals surface area contributed by atoms with Gasteiger partial charge in [-0.15, -0.1) is 0 Å². The van der Waals surface area contributed by atoms with Crippen molar-refractivity contribution in [2.45, 2.75) is 26.6 Å². The van der Waals surface area contributed by atoms with Gasteiger partial charge in [0.1, 0.15) is 19.0 Å². The molecule has 0 saturated carbocycles. The Balaban J connectivity index is 1.88. The summed E-state index contributed by atoms with van der Waals surface area (Å²) in [6.45, 7) is 2.94. The van der Waals surface area contributed by atoms with E-state index in [2.05, 4.69) is 0 Å². The number of benzene rings is 2. The molecular weight excluding hydrogens is 402 g/mol. The number of carbonyl (C=O) groups excluding carboxylic acids is 2. The first-order chi connectivity index (χ1) is 14.8. The number of hydrogen-bond donors (Lipinski definition) is 1. The average molecular weight is 423 g/mol. The van der Waals surface area contributed by atoms with E-state index in [0.29, 0.717) is 5.75 Å². The van der Waals surface area contributed by atoms with Crippen LogP contribution in [0.4, 0.5) is 0 Å². The van der Waals surface area contributed by atoms with E-state index in [9.17, 15) is 19.2 Å². The van der Waals surface area contributed by atoms with Crippen molar-refractivity contribution in [2.24, 2.45) is 0 Å². The van der Waals surface area contributed by atoms with Crippen molar-refractivity contribution in [1.29, 1.82) is 0 Å². The monoisotopic (exact) mass is 423 g/mol. The number of imide groups is 1. The van der Waals surface area contributed by atoms with Crippen molar-refractivity contribution in [3.8, 4) is 5.75 Å². The highest BCUT2D eigenvalue weighted by Crippen LogP contribution is 2.24. The van der Waals surface area contributed by atoms with Crippen LogP contribution in [0.25, 0.3) is 10.9 Å². The van der Waals surface area contributed by atoms with Crippen molar-refractivity contribution in [3.63, 3.8) is 0 Å². The number of fused-ring (bicyclic) bond motifs is 2. The van der Waals surface area contributed by atoms with Gasteiger partial charge in [-0.1, -0.05) is 12.1 Å². The van der Waals surface area contributed by atoms with Crippen molar-refractivity contribution in [1.82, 2.24) is 14.0 Å². The number of carbonyl (C=O) groups is 2. The molecule has 1 N–H and O–H groups in total. The molecule has 1 aromatic heterocycles. The van der Waals surface area contributed by atoms with Crippen LogP contribution in [0.3, 0.4) is 0 Å². The second-order valence-corrected chi connectivity index (χ2v) is 7.46. The minimum atomic E-state index is -0.618. The van der Waals surface area contributed by atoms with Crippen molar-refractivity contribution < 1.29 is 19.4 Å². The van der Waals surface area contributed by atoms with Crippen molar-refractivity contribution in [3.05, 3.63) is 74.4 Å². The Morgan fingerprint density at radius 3 is 2.19 bits per heavy atom. The Kier molecular flexibility index (Phi) is 5.20. The maximum absolute atomic E-state index is 13.2. The second-order valence-electron chi connectivity index (χ2n) is 7.46. The predicted octanol–water partition coefficient (Wildman–Crippen LogP) is 1.37. The zero-order chi connectivity index (χ0) is 22.3. The zero-order valence-corrected chi connectivity index (χ0v) is 17.1. The summed E-state index contributed by atoms with van der Waals surface area (Å²) in [5.41, 5.74) is -0.278. The number of aliphatic hydroxyl groups excluding tert-OH is 1. The van der Waals surface area contributed by atoms with E-state index in [1.807, 2.05) is 0 Å². The lowest BCUT2D eigenvalue weighted by atomic mass is 10.1. The Hall–Kier alpha value is -3.72. The highest BCUT2D eigenvalue weighted by molar-refractivity contribution is 6.21. The SMILES string of the molecule is CC(C)n1c(=O)c2cc(OCCO)ccc2n(CN2C(=O)c3ccccc3C2=O)c1=O. The fourth-order valence-corrected chi connectivity index (χ4v) is 3.73. The van der Waals surface area contributed by atoms with E-state index in [-0.39, 0.29) is 41.9 Å². The molecule has 0 saturated heterocycles. The first-order valence-corrected chi connectivity index (χ1v) is 9.83. The fraction of sp³-hybridized carbons (Fsp3) is 0.273. The van der Waals surface area contributed by atoms with Gasteiger partial charge < -0.3 is 9.84 Å². The summed E-state index contributed by atoms with van der Waals surface area (Å²) in [5, 5.41) is 9.18. The van der Waals surface area contributed by atoms with Crippen LogP contribution >= 0.6 is 0 Å². The number of rotatable bonds is 6. The van der Waals surface area contributed by atoms with Crippen LogP contribution in [0.1, 0.15) is 40.6 Å². The van der Waals surface area contributed by atoms with Crippen LogP contribution in [-0.2, 0) is 6.67 Å². The predicted molar refractivity (Wildman–Crippen MR) is 112 cm³/mol. The number of amides is 2. The third-order valence-electron chi connectivity index (χ3n) is 5.18. The minimum absolute atomic E-state index is 0.0541. The van der Waals surface area contributed by atoms with E-state index in [4.69, 9.17) is 9.84 Å². The van der Waals surface area contributed by atoms with Gasteiger partial charge >= 0.3 is 5.69 Å². The minimum Gasteiger partial charge on any atom is -0.491 e. The zero-order valence-electron chi connectivity index (χ0n) is 17.1. The van der Waals surface area contributed by atoms with Gasteiger partial charge in [-0.05, 0) is 44.2 Å². The summed E-state index contributed by atoms with van der Waals surface area (Å²) in [6, 6.07) is 10.6. The number of aromatic nitrogens is 2. The van der Waals surface area contributed by atoms with Gasteiger partial charge in [0.05, 0.1) is 28.6 Å². The van der Waals surface area contributed by atoms with E-state index < -0.39 is 29.1 Å². The van der Waals surface area contributed by atoms with Crippen LogP contribution in [0.2, 0.25) is 0 Å². The molecule has 4 rings (SSSR count). The Morgan fingerprint density at radius 2 is 1.61 bits per heavy atom. The summed E-state index contributed by atoms with van der Waals surface area (Å²) >= 11 is 0. The topological polar surface area (TPSA) is 111 Å². The van der Waals surface area contributed by atoms with Gasteiger partial charge in [0.2, 0.25) is 0 Å². The Bertz CT molecular complexity index is 1290. The maximum Gasteiger partial charge on any atom is 0.333 e. The molecule has 9 heteroatoms. The summed E-state index contributed by atoms with van der Waals surface area (Å²) in [6.07, 6.45) is 0. The molecule has 160 valence electrons. The number of nitrogens with zero attached hydrogens (tertiary/aromatic N) is 3. The summed E-state index contributed by atoms with van der Waals surface area (Å²) < 4.78 is 7.72. The molecule has 0 unspecified atom stereocenters. The maximum atomic E-state index is 13.2. The molecule has 31 heavy (non-hydrogen) atoms. The largest absolute Gasteiger partial charge is 0.491 e. The molecule has 0 radical (unpaired) electrons. The van der Waals surface area contributed by atoms with E-state index in [1.165, 1.54) is 16.7 Å². The highest BCUT2D eigenvalue weighted by atomic mass is 16.5. The number of aliphatic hydroxyl groups is 1. The van der Waals surface area contributed by atoms with Crippen LogP contribution in [0, 0.1) is 0 Å². The number of hydrogen-bond acceptors (Lipinski definition) is 6. The molecule has 0 atom stereocenters. The lowest BCUT2D eigenvalue weighted by Gasteiger charge is -2.20. The molecule has 3 aromatic rings. The van der Waals surface area contributed by atoms with Gasteiger partial charge in [-0.2, -0.15) is 0 Å². The highest BCUT2D eigenvalue weighted by Gasteiger charge is 2.36. The van der Waals surface area contributed by atoms with Gasteiger partial charge in [-0.25, -0.2) is 4.79 Å². The van der Waals surface area contributed by atoms with Crippen LogP contribution in [0.15, 0.2) is 52.1 Å². The number of ether oxygens (including phenoxy) is 1. The van der Waals surface area contributed by atoms with Gasteiger partial charge in [0.15, 0.2) is 0 Å². The quantitative estimate of drug-likeness (QED) is 0.600. The van der Waals surface area contributed by atoms with Crippen LogP contribution in [-0.4, -0.2) is 44.2 Å². The summed E-state index contributed by atoms with van der Waals surface area (Å²) in [7, 11) is 0. The van der Waals surface area contributed by atoms with Crippen LogP contribution in [0.5, 0.6) is 5.75 Å². The van der Waals surface area contributed by atoms with Crippen molar-refractivity contribution >= 4 is 22.7 Å². The third kappa shape index (κ3) is 3.32. The van der Waals surface area contributed by atoms with Gasteiger partial charge in [0, 0.05) is 6.04 Å². The lowest BCUT2D eigenvalue weighted by Crippen LogP contribution is -2.44. The van der Waals surface area contributed by atoms with Gasteiger partial charge in [0.25, 0.3) is 17.4 Å². The standard InChI is InChI=1S/C22H21N3O6/c1-13(2)25-21(29)17-11-14(31-10-9-26)7-8-18(17)23(22(25)30)12-24-19(27)15-5-3-4-6-16(15)20(24)28/h3-8,11,13,26H,9-10,12H2,1-2H3. The molecule has 2 heterocycles. The molecule has 0 fully saturated rings. The fourth-order valence-electron chi connectivity index (χ4n) is 3.73. The second kappa shape index (κ2) is 7.84. The molecule has 0 spiro atoms. The van der Waals surface area contributed by atoms with Crippen molar-refractivity contribution in [2.75, 3.05) is 13.2 Å². The first kappa shape index (κ1) is 20.5. The molecule has 1 aliphatic rings. The molecule has 1 aliphatic heterocycles. The van der Waals surface area contributed by atoms with E-state index >= 15 is 0 Å². The summed E-state index contributed by atoms with van der Waals surface area (Å²) in [4.78, 5) is 52.8. The van der Waals surface area contributed by atoms with E-state index in [1.54, 1.807) is 44.2 Å². The molecule has 0 bridgehead atoms. The third-order valence-corrected chi connectivity index (χ3v) is 5.18. The molecule has 2 amide bonds. The molecule has 9 nitrogen and oxygen atoms in total. The molecular formula is C22H21N3O6. The lowest BCUT2D eigenvalue weighted by molar-refractivity contribution is 0.0605. The van der Waals surface area contributed by atoms with E-state index in [0.717, 1.165) is 9.47 Å². The Morgan fingerprint density at radius 1 is 0.968 bits per heavy atom. The van der Waals surface area contributed by atoms with Gasteiger partial charge in [-0.3, -0.25) is 28.4 Å².